The van der Waals surface area contributed by atoms with Gasteiger partial charge in [0.1, 0.15) is 0 Å². The van der Waals surface area contributed by atoms with Crippen LogP contribution in [-0.4, -0.2) is 15.8 Å². The van der Waals surface area contributed by atoms with Crippen LogP contribution in [0.25, 0.3) is 0 Å². The van der Waals surface area contributed by atoms with Gasteiger partial charge in [-0.05, 0) is 19.3 Å². The second-order valence-corrected chi connectivity index (χ2v) is 4.47. The van der Waals surface area contributed by atoms with E-state index in [2.05, 4.69) is 23.5 Å². The minimum absolute atomic E-state index is 0.750. The van der Waals surface area contributed by atoms with Crippen molar-refractivity contribution >= 4 is 0 Å². The third-order valence-corrected chi connectivity index (χ3v) is 3.09. The first-order valence-electron chi connectivity index (χ1n) is 6.13. The molecule has 0 saturated heterocycles. The average molecular weight is 207 g/mol. The lowest BCUT2D eigenvalue weighted by Crippen LogP contribution is -2.25. The maximum atomic E-state index is 4.33. The molecule has 1 saturated carbocycles. The van der Waals surface area contributed by atoms with Gasteiger partial charge in [-0.2, -0.15) is 5.10 Å². The summed E-state index contributed by atoms with van der Waals surface area (Å²) in [5.41, 5.74) is 1.32. The van der Waals surface area contributed by atoms with Gasteiger partial charge in [0.15, 0.2) is 0 Å². The van der Waals surface area contributed by atoms with Crippen molar-refractivity contribution in [2.24, 2.45) is 0 Å². The van der Waals surface area contributed by atoms with Gasteiger partial charge in [-0.15, -0.1) is 0 Å². The van der Waals surface area contributed by atoms with Crippen LogP contribution < -0.4 is 5.32 Å². The number of nitrogens with zero attached hydrogens (tertiary/aromatic N) is 2. The van der Waals surface area contributed by atoms with Crippen molar-refractivity contribution in [2.75, 3.05) is 0 Å². The number of nitrogens with one attached hydrogen (secondary N) is 1. The molecule has 0 radical (unpaired) electrons. The lowest BCUT2D eigenvalue weighted by Gasteiger charge is -2.09. The first kappa shape index (κ1) is 10.7. The van der Waals surface area contributed by atoms with Crippen LogP contribution in [0.4, 0.5) is 0 Å². The van der Waals surface area contributed by atoms with E-state index < -0.39 is 0 Å². The first-order chi connectivity index (χ1) is 7.38. The smallest absolute Gasteiger partial charge is 0.0534 e. The Kier molecular flexibility index (Phi) is 3.78. The van der Waals surface area contributed by atoms with E-state index in [9.17, 15) is 0 Å². The third kappa shape index (κ3) is 3.06. The molecule has 1 aliphatic rings. The topological polar surface area (TPSA) is 29.9 Å². The van der Waals surface area contributed by atoms with Crippen molar-refractivity contribution < 1.29 is 0 Å². The van der Waals surface area contributed by atoms with E-state index in [4.69, 9.17) is 0 Å². The molecule has 3 nitrogen and oxygen atoms in total. The summed E-state index contributed by atoms with van der Waals surface area (Å²) in [5, 5.41) is 7.93. The van der Waals surface area contributed by atoms with Gasteiger partial charge in [0.05, 0.1) is 6.20 Å². The van der Waals surface area contributed by atoms with Crippen LogP contribution in [0.5, 0.6) is 0 Å². The monoisotopic (exact) mass is 207 g/mol. The molecule has 0 aliphatic heterocycles. The number of rotatable bonds is 5. The lowest BCUT2D eigenvalue weighted by atomic mass is 10.2. The highest BCUT2D eigenvalue weighted by Gasteiger charge is 2.13. The molecule has 1 aromatic rings. The Balaban J connectivity index is 1.77. The van der Waals surface area contributed by atoms with Gasteiger partial charge in [0.25, 0.3) is 0 Å². The van der Waals surface area contributed by atoms with E-state index in [-0.39, 0.29) is 0 Å². The highest BCUT2D eigenvalue weighted by atomic mass is 15.3. The normalized spacial score (nSPS) is 17.4. The van der Waals surface area contributed by atoms with E-state index in [0.29, 0.717) is 0 Å². The molecule has 1 N–H and O–H groups in total. The SMILES string of the molecule is CCCn1cc(CNC2CCCC2)cn1. The predicted molar refractivity (Wildman–Crippen MR) is 61.6 cm³/mol. The zero-order valence-corrected chi connectivity index (χ0v) is 9.58. The number of hydrogen-bond acceptors (Lipinski definition) is 2. The molecule has 1 aliphatic carbocycles. The fourth-order valence-corrected chi connectivity index (χ4v) is 2.24. The summed E-state index contributed by atoms with van der Waals surface area (Å²) in [5.74, 6) is 0. The lowest BCUT2D eigenvalue weighted by molar-refractivity contribution is 0.523. The molecule has 84 valence electrons. The summed E-state index contributed by atoms with van der Waals surface area (Å²) >= 11 is 0. The fraction of sp³-hybridized carbons (Fsp3) is 0.750. The van der Waals surface area contributed by atoms with Crippen molar-refractivity contribution in [3.05, 3.63) is 18.0 Å². The average Bonchev–Trinajstić information content (AvgIpc) is 2.85. The summed E-state index contributed by atoms with van der Waals surface area (Å²) in [6, 6.07) is 0.750. The molecule has 1 fully saturated rings. The zero-order valence-electron chi connectivity index (χ0n) is 9.58. The zero-order chi connectivity index (χ0) is 10.5. The molecular weight excluding hydrogens is 186 g/mol. The number of hydrogen-bond donors (Lipinski definition) is 1. The molecule has 0 aromatic carbocycles. The fourth-order valence-electron chi connectivity index (χ4n) is 2.24. The van der Waals surface area contributed by atoms with Gasteiger partial charge in [-0.1, -0.05) is 19.8 Å². The van der Waals surface area contributed by atoms with Crippen LogP contribution in [0.3, 0.4) is 0 Å². The highest BCUT2D eigenvalue weighted by Crippen LogP contribution is 2.17. The quantitative estimate of drug-likeness (QED) is 0.803. The Morgan fingerprint density at radius 1 is 1.47 bits per heavy atom. The molecule has 2 rings (SSSR count). The molecule has 0 spiro atoms. The summed E-state index contributed by atoms with van der Waals surface area (Å²) in [4.78, 5) is 0. The van der Waals surface area contributed by atoms with Crippen molar-refractivity contribution in [2.45, 2.75) is 58.2 Å². The second-order valence-electron chi connectivity index (χ2n) is 4.47. The minimum Gasteiger partial charge on any atom is -0.310 e. The van der Waals surface area contributed by atoms with Crippen LogP contribution in [0.2, 0.25) is 0 Å². The van der Waals surface area contributed by atoms with Crippen molar-refractivity contribution in [3.8, 4) is 0 Å². The first-order valence-corrected chi connectivity index (χ1v) is 6.13. The molecule has 1 aromatic heterocycles. The van der Waals surface area contributed by atoms with Crippen molar-refractivity contribution in [3.63, 3.8) is 0 Å². The van der Waals surface area contributed by atoms with Crippen LogP contribution >= 0.6 is 0 Å². The summed E-state index contributed by atoms with van der Waals surface area (Å²) < 4.78 is 2.03. The molecule has 15 heavy (non-hydrogen) atoms. The Labute approximate surface area is 91.9 Å². The van der Waals surface area contributed by atoms with Crippen molar-refractivity contribution in [1.82, 2.24) is 15.1 Å². The highest BCUT2D eigenvalue weighted by molar-refractivity contribution is 5.03. The van der Waals surface area contributed by atoms with E-state index in [0.717, 1.165) is 25.6 Å². The van der Waals surface area contributed by atoms with Gasteiger partial charge in [-0.3, -0.25) is 4.68 Å². The number of aromatic nitrogens is 2. The molecule has 0 atom stereocenters. The molecule has 0 bridgehead atoms. The van der Waals surface area contributed by atoms with E-state index in [1.54, 1.807) is 0 Å². The molecular formula is C12H21N3. The van der Waals surface area contributed by atoms with Gasteiger partial charge in [0.2, 0.25) is 0 Å². The largest absolute Gasteiger partial charge is 0.310 e. The number of aryl methyl sites for hydroxylation is 1. The van der Waals surface area contributed by atoms with Crippen molar-refractivity contribution in [1.29, 1.82) is 0 Å². The van der Waals surface area contributed by atoms with E-state index in [1.807, 2.05) is 10.9 Å². The third-order valence-electron chi connectivity index (χ3n) is 3.09. The maximum absolute atomic E-state index is 4.33. The Hall–Kier alpha value is -0.830. The Morgan fingerprint density at radius 2 is 2.27 bits per heavy atom. The molecule has 0 unspecified atom stereocenters. The Morgan fingerprint density at radius 3 is 3.00 bits per heavy atom. The molecule has 3 heteroatoms. The van der Waals surface area contributed by atoms with E-state index >= 15 is 0 Å². The van der Waals surface area contributed by atoms with Crippen LogP contribution in [0, 0.1) is 0 Å². The van der Waals surface area contributed by atoms with Gasteiger partial charge >= 0.3 is 0 Å². The summed E-state index contributed by atoms with van der Waals surface area (Å²) in [7, 11) is 0. The second kappa shape index (κ2) is 5.31. The van der Waals surface area contributed by atoms with E-state index in [1.165, 1.54) is 31.2 Å². The predicted octanol–water partition coefficient (Wildman–Crippen LogP) is 2.33. The summed E-state index contributed by atoms with van der Waals surface area (Å²) in [6.45, 7) is 4.19. The molecule has 1 heterocycles. The maximum Gasteiger partial charge on any atom is 0.0534 e. The van der Waals surface area contributed by atoms with Crippen LogP contribution in [0.1, 0.15) is 44.6 Å². The standard InChI is InChI=1S/C12H21N3/c1-2-7-15-10-11(9-14-15)8-13-12-5-3-4-6-12/h9-10,12-13H,2-8H2,1H3. The molecule has 0 amide bonds. The van der Waals surface area contributed by atoms with Gasteiger partial charge < -0.3 is 5.32 Å². The summed E-state index contributed by atoms with van der Waals surface area (Å²) in [6.07, 6.45) is 10.8. The Bertz CT molecular complexity index is 287. The van der Waals surface area contributed by atoms with Gasteiger partial charge in [-0.25, -0.2) is 0 Å². The van der Waals surface area contributed by atoms with Gasteiger partial charge in [0, 0.05) is 30.9 Å². The van der Waals surface area contributed by atoms with Crippen LogP contribution in [-0.2, 0) is 13.1 Å². The minimum atomic E-state index is 0.750. The van der Waals surface area contributed by atoms with Crippen LogP contribution in [0.15, 0.2) is 12.4 Å².